The van der Waals surface area contributed by atoms with Crippen molar-refractivity contribution in [1.29, 1.82) is 5.26 Å². The lowest BCUT2D eigenvalue weighted by molar-refractivity contribution is -0.0907. The second-order valence-corrected chi connectivity index (χ2v) is 13.1. The van der Waals surface area contributed by atoms with Gasteiger partial charge in [0.25, 0.3) is 0 Å². The molecule has 0 saturated carbocycles. The second-order valence-electron chi connectivity index (χ2n) is 11.6. The maximum atomic E-state index is 13.9. The zero-order valence-electron chi connectivity index (χ0n) is 24.5. The molecule has 2 aliphatic heterocycles. The van der Waals surface area contributed by atoms with Crippen LogP contribution >= 0.6 is 0 Å². The van der Waals surface area contributed by atoms with E-state index in [0.717, 1.165) is 17.7 Å². The standard InChI is InChI=1S/C31H42N4O6S/c1-31(2,14-8-15-32)21-35(42(38)24-12-7-11-23(18-24)33-3)19-27(36)26(17-22-9-5-4-6-10-22)34-30(37)41-28-20-40-29-25(28)13-16-39-29/h4-7,9-12,18,25-29,33,36H,8,13-14,16-17,19-21H2,1-3H3,(H,34,37)/t25-,26?,27+,28-,29+,42?/m0/s1. The van der Waals surface area contributed by atoms with Crippen molar-refractivity contribution in [3.05, 3.63) is 60.2 Å². The predicted octanol–water partition coefficient (Wildman–Crippen LogP) is 3.84. The number of fused-ring (bicyclic) bond motifs is 1. The molecule has 11 heteroatoms. The van der Waals surface area contributed by atoms with Crippen molar-refractivity contribution in [3.8, 4) is 6.07 Å². The lowest BCUT2D eigenvalue weighted by Crippen LogP contribution is -2.51. The summed E-state index contributed by atoms with van der Waals surface area (Å²) in [7, 11) is 0.185. The van der Waals surface area contributed by atoms with Crippen LogP contribution in [0.4, 0.5) is 10.5 Å². The minimum absolute atomic E-state index is 0.00447. The number of carbonyl (C=O) groups excluding carboxylic acids is 1. The molecule has 1 amide bonds. The molecular formula is C31H42N4O6S. The fourth-order valence-corrected chi connectivity index (χ4v) is 6.88. The summed E-state index contributed by atoms with van der Waals surface area (Å²) in [6.07, 6.45) is -0.399. The first-order valence-electron chi connectivity index (χ1n) is 14.4. The molecule has 0 bridgehead atoms. The number of nitrogens with zero attached hydrogens (tertiary/aromatic N) is 2. The summed E-state index contributed by atoms with van der Waals surface area (Å²) in [5, 5.41) is 26.7. The van der Waals surface area contributed by atoms with Crippen LogP contribution in [-0.2, 0) is 31.6 Å². The minimum Gasteiger partial charge on any atom is -0.443 e. The van der Waals surface area contributed by atoms with E-state index in [-0.39, 0.29) is 30.8 Å². The summed E-state index contributed by atoms with van der Waals surface area (Å²) in [4.78, 5) is 13.7. The molecule has 2 aliphatic rings. The molecule has 3 N–H and O–H groups in total. The lowest BCUT2D eigenvalue weighted by Gasteiger charge is -2.34. The van der Waals surface area contributed by atoms with Crippen molar-refractivity contribution in [1.82, 2.24) is 9.62 Å². The van der Waals surface area contributed by atoms with E-state index in [4.69, 9.17) is 19.5 Å². The maximum Gasteiger partial charge on any atom is 0.407 e. The number of hydrogen-bond acceptors (Lipinski definition) is 8. The van der Waals surface area contributed by atoms with Gasteiger partial charge in [0, 0.05) is 32.2 Å². The van der Waals surface area contributed by atoms with Crippen molar-refractivity contribution >= 4 is 22.8 Å². The first kappa shape index (κ1) is 31.9. The fraction of sp³-hybridized carbons (Fsp3) is 0.548. The van der Waals surface area contributed by atoms with Crippen molar-refractivity contribution in [3.63, 3.8) is 0 Å². The van der Waals surface area contributed by atoms with Gasteiger partial charge in [0.2, 0.25) is 0 Å². The quantitative estimate of drug-likeness (QED) is 0.299. The van der Waals surface area contributed by atoms with Crippen LogP contribution in [0, 0.1) is 22.7 Å². The van der Waals surface area contributed by atoms with Gasteiger partial charge in [-0.2, -0.15) is 5.26 Å². The average molecular weight is 599 g/mol. The van der Waals surface area contributed by atoms with Gasteiger partial charge < -0.3 is 30.0 Å². The van der Waals surface area contributed by atoms with E-state index in [1.54, 1.807) is 17.4 Å². The molecule has 0 aromatic heterocycles. The second kappa shape index (κ2) is 14.9. The van der Waals surface area contributed by atoms with Crippen LogP contribution in [0.25, 0.3) is 0 Å². The zero-order valence-corrected chi connectivity index (χ0v) is 25.3. The third-order valence-corrected chi connectivity index (χ3v) is 9.18. The summed E-state index contributed by atoms with van der Waals surface area (Å²) < 4.78 is 32.5. The van der Waals surface area contributed by atoms with E-state index in [9.17, 15) is 14.1 Å². The van der Waals surface area contributed by atoms with Crippen LogP contribution in [0.2, 0.25) is 0 Å². The normalized spacial score (nSPS) is 22.1. The van der Waals surface area contributed by atoms with E-state index in [1.807, 2.05) is 62.4 Å². The van der Waals surface area contributed by atoms with Gasteiger partial charge in [0.15, 0.2) is 6.29 Å². The van der Waals surface area contributed by atoms with Gasteiger partial charge in [-0.05, 0) is 48.4 Å². The molecule has 228 valence electrons. The average Bonchev–Trinajstić information content (AvgIpc) is 3.60. The molecule has 2 fully saturated rings. The fourth-order valence-electron chi connectivity index (χ4n) is 5.41. The van der Waals surface area contributed by atoms with Crippen LogP contribution in [-0.4, -0.2) is 77.6 Å². The SMILES string of the molecule is CNc1cccc(S(=O)N(C[C@@H](O)C(Cc2ccccc2)NC(=O)O[C@H]2CO[C@H]3OCC[C@H]32)CC(C)(C)CCC#N)c1. The summed E-state index contributed by atoms with van der Waals surface area (Å²) in [5.41, 5.74) is 1.40. The van der Waals surface area contributed by atoms with Gasteiger partial charge in [0.1, 0.15) is 17.1 Å². The molecule has 6 atom stereocenters. The third-order valence-electron chi connectivity index (χ3n) is 7.78. The Kier molecular flexibility index (Phi) is 11.4. The van der Waals surface area contributed by atoms with Crippen LogP contribution < -0.4 is 10.6 Å². The molecule has 10 nitrogen and oxygen atoms in total. The van der Waals surface area contributed by atoms with Crippen LogP contribution in [0.15, 0.2) is 59.5 Å². The Labute approximate surface area is 250 Å². The maximum absolute atomic E-state index is 13.9. The number of hydrogen-bond donors (Lipinski definition) is 3. The van der Waals surface area contributed by atoms with Crippen molar-refractivity contribution in [2.24, 2.45) is 11.3 Å². The van der Waals surface area contributed by atoms with Crippen molar-refractivity contribution in [2.75, 3.05) is 38.7 Å². The molecule has 2 unspecified atom stereocenters. The highest BCUT2D eigenvalue weighted by Crippen LogP contribution is 2.33. The first-order chi connectivity index (χ1) is 20.2. The highest BCUT2D eigenvalue weighted by molar-refractivity contribution is 7.82. The molecule has 0 aliphatic carbocycles. The number of carbonyl (C=O) groups is 1. The number of rotatable bonds is 14. The van der Waals surface area contributed by atoms with Gasteiger partial charge >= 0.3 is 6.09 Å². The highest BCUT2D eigenvalue weighted by atomic mass is 32.2. The molecule has 2 saturated heterocycles. The minimum atomic E-state index is -1.61. The largest absolute Gasteiger partial charge is 0.443 e. The van der Waals surface area contributed by atoms with Crippen molar-refractivity contribution in [2.45, 2.75) is 69.0 Å². The van der Waals surface area contributed by atoms with Crippen LogP contribution in [0.3, 0.4) is 0 Å². The van der Waals surface area contributed by atoms with Crippen molar-refractivity contribution < 1.29 is 28.3 Å². The topological polar surface area (TPSA) is 133 Å². The Bertz CT molecular complexity index is 1240. The zero-order chi connectivity index (χ0) is 30.1. The Morgan fingerprint density at radius 3 is 2.76 bits per heavy atom. The number of nitriles is 1. The molecular weight excluding hydrogens is 556 g/mol. The number of benzene rings is 2. The molecule has 4 rings (SSSR count). The summed E-state index contributed by atoms with van der Waals surface area (Å²) in [6, 6.07) is 18.4. The lowest BCUT2D eigenvalue weighted by atomic mass is 9.88. The van der Waals surface area contributed by atoms with E-state index < -0.39 is 35.3 Å². The number of amides is 1. The number of anilines is 1. The number of aliphatic hydroxyl groups is 1. The Balaban J connectivity index is 1.53. The van der Waals surface area contributed by atoms with E-state index in [0.29, 0.717) is 37.3 Å². The molecule has 2 aromatic carbocycles. The third kappa shape index (κ3) is 8.75. The number of alkyl carbamates (subject to hydrolysis) is 1. The Morgan fingerprint density at radius 1 is 1.24 bits per heavy atom. The molecule has 2 aromatic rings. The first-order valence-corrected chi connectivity index (χ1v) is 15.5. The molecule has 0 radical (unpaired) electrons. The number of nitrogens with one attached hydrogen (secondary N) is 2. The Hall–Kier alpha value is -3.01. The van der Waals surface area contributed by atoms with Gasteiger partial charge in [-0.25, -0.2) is 13.3 Å². The van der Waals surface area contributed by atoms with Gasteiger partial charge in [0.05, 0.1) is 42.2 Å². The van der Waals surface area contributed by atoms with E-state index in [1.165, 1.54) is 0 Å². The van der Waals surface area contributed by atoms with E-state index in [2.05, 4.69) is 16.7 Å². The van der Waals surface area contributed by atoms with Gasteiger partial charge in [-0.1, -0.05) is 50.2 Å². The van der Waals surface area contributed by atoms with Crippen LogP contribution in [0.1, 0.15) is 38.7 Å². The van der Waals surface area contributed by atoms with Crippen LogP contribution in [0.5, 0.6) is 0 Å². The molecule has 42 heavy (non-hydrogen) atoms. The molecule has 2 heterocycles. The summed E-state index contributed by atoms with van der Waals surface area (Å²) in [5.74, 6) is -0.00447. The summed E-state index contributed by atoms with van der Waals surface area (Å²) >= 11 is 0. The van der Waals surface area contributed by atoms with E-state index >= 15 is 0 Å². The summed E-state index contributed by atoms with van der Waals surface area (Å²) in [6.45, 7) is 5.27. The van der Waals surface area contributed by atoms with Gasteiger partial charge in [-0.3, -0.25) is 0 Å². The monoisotopic (exact) mass is 598 g/mol. The number of ether oxygens (including phenoxy) is 3. The smallest absolute Gasteiger partial charge is 0.407 e. The predicted molar refractivity (Wildman–Crippen MR) is 160 cm³/mol. The Morgan fingerprint density at radius 2 is 2.02 bits per heavy atom. The number of aliphatic hydroxyl groups excluding tert-OH is 1. The highest BCUT2D eigenvalue weighted by Gasteiger charge is 2.44. The van der Waals surface area contributed by atoms with Gasteiger partial charge in [-0.15, -0.1) is 0 Å². The molecule has 0 spiro atoms.